The van der Waals surface area contributed by atoms with Crippen LogP contribution in [-0.4, -0.2) is 58.3 Å². The van der Waals surface area contributed by atoms with E-state index in [1.165, 1.54) is 28.4 Å². The van der Waals surface area contributed by atoms with E-state index in [0.29, 0.717) is 23.5 Å². The van der Waals surface area contributed by atoms with E-state index in [1.807, 2.05) is 0 Å². The number of methoxy groups -OCH3 is 4. The first-order valence-corrected chi connectivity index (χ1v) is 8.82. The number of amides is 1. The second-order valence-electron chi connectivity index (χ2n) is 6.78. The molecule has 0 fully saturated rings. The highest BCUT2D eigenvalue weighted by Gasteiger charge is 2.51. The van der Waals surface area contributed by atoms with E-state index in [9.17, 15) is 18.0 Å². The summed E-state index contributed by atoms with van der Waals surface area (Å²) in [5.41, 5.74) is 0.201. The molecule has 0 spiro atoms. The minimum atomic E-state index is -4.96. The van der Waals surface area contributed by atoms with Crippen molar-refractivity contribution >= 4 is 5.91 Å². The highest BCUT2D eigenvalue weighted by Crippen LogP contribution is 2.45. The fourth-order valence-electron chi connectivity index (χ4n) is 3.73. The van der Waals surface area contributed by atoms with Crippen molar-refractivity contribution in [2.75, 3.05) is 35.0 Å². The molecule has 1 aromatic rings. The van der Waals surface area contributed by atoms with E-state index >= 15 is 0 Å². The molecule has 28 heavy (non-hydrogen) atoms. The summed E-state index contributed by atoms with van der Waals surface area (Å²) in [6, 6.07) is 3.41. The second kappa shape index (κ2) is 8.57. The quantitative estimate of drug-likeness (QED) is 0.652. The first kappa shape index (κ1) is 22.3. The van der Waals surface area contributed by atoms with Gasteiger partial charge in [0.15, 0.2) is 17.8 Å². The van der Waals surface area contributed by atoms with Crippen LogP contribution >= 0.6 is 0 Å². The lowest BCUT2D eigenvalue weighted by Crippen LogP contribution is -2.55. The van der Waals surface area contributed by atoms with Gasteiger partial charge in [-0.05, 0) is 43.0 Å². The maximum Gasteiger partial charge on any atom is 0.471 e. The Balaban J connectivity index is 2.55. The van der Waals surface area contributed by atoms with Gasteiger partial charge in [0.1, 0.15) is 0 Å². The zero-order valence-electron chi connectivity index (χ0n) is 16.7. The van der Waals surface area contributed by atoms with Crippen LogP contribution in [0.4, 0.5) is 13.2 Å². The Morgan fingerprint density at radius 2 is 1.71 bits per heavy atom. The molecule has 1 atom stereocenters. The average Bonchev–Trinajstić information content (AvgIpc) is 2.67. The molecule has 0 aromatic heterocycles. The predicted molar refractivity (Wildman–Crippen MR) is 95.4 cm³/mol. The lowest BCUT2D eigenvalue weighted by molar-refractivity contribution is -0.193. The van der Waals surface area contributed by atoms with Crippen LogP contribution in [0.25, 0.3) is 0 Å². The maximum atomic E-state index is 13.3. The highest BCUT2D eigenvalue weighted by molar-refractivity contribution is 5.83. The molecule has 6 nitrogen and oxygen atoms in total. The molecular weight excluding hydrogens is 379 g/mol. The van der Waals surface area contributed by atoms with E-state index in [-0.39, 0.29) is 19.4 Å². The molecule has 1 heterocycles. The van der Waals surface area contributed by atoms with Gasteiger partial charge in [-0.2, -0.15) is 13.2 Å². The zero-order chi connectivity index (χ0) is 21.1. The third-order valence-corrected chi connectivity index (χ3v) is 5.27. The van der Waals surface area contributed by atoms with Gasteiger partial charge in [0.2, 0.25) is 0 Å². The number of carbonyl (C=O) groups is 1. The van der Waals surface area contributed by atoms with E-state index < -0.39 is 23.9 Å². The number of ether oxygens (including phenoxy) is 4. The molecule has 1 aliphatic rings. The topological polar surface area (TPSA) is 57.2 Å². The van der Waals surface area contributed by atoms with Crippen LogP contribution < -0.4 is 9.47 Å². The van der Waals surface area contributed by atoms with Crippen molar-refractivity contribution in [2.45, 2.75) is 44.2 Å². The molecule has 1 amide bonds. The SMILES string of the molecule is COc1cc2c(cc1OC)[C@@](C)(CCC(OC)OC)N(C(=O)C(F)(F)F)CC2. The van der Waals surface area contributed by atoms with Gasteiger partial charge in [-0.1, -0.05) is 0 Å². The lowest BCUT2D eigenvalue weighted by atomic mass is 9.78. The summed E-state index contributed by atoms with van der Waals surface area (Å²) in [6.45, 7) is 1.57. The van der Waals surface area contributed by atoms with Crippen molar-refractivity contribution in [3.8, 4) is 11.5 Å². The summed E-state index contributed by atoms with van der Waals surface area (Å²) in [7, 11) is 5.86. The Labute approximate surface area is 162 Å². The van der Waals surface area contributed by atoms with Crippen LogP contribution in [0.5, 0.6) is 11.5 Å². The zero-order valence-corrected chi connectivity index (χ0v) is 16.7. The molecule has 0 aliphatic carbocycles. The summed E-state index contributed by atoms with van der Waals surface area (Å²) in [6.07, 6.45) is -4.75. The van der Waals surface area contributed by atoms with Gasteiger partial charge in [0.05, 0.1) is 19.8 Å². The minimum Gasteiger partial charge on any atom is -0.493 e. The third kappa shape index (κ3) is 4.20. The Morgan fingerprint density at radius 3 is 2.21 bits per heavy atom. The van der Waals surface area contributed by atoms with Crippen molar-refractivity contribution in [1.29, 1.82) is 0 Å². The van der Waals surface area contributed by atoms with Crippen molar-refractivity contribution in [2.24, 2.45) is 0 Å². The van der Waals surface area contributed by atoms with Crippen LogP contribution in [0.1, 0.15) is 30.9 Å². The molecule has 1 aliphatic heterocycles. The predicted octanol–water partition coefficient (Wildman–Crippen LogP) is 3.27. The van der Waals surface area contributed by atoms with Crippen molar-refractivity contribution in [1.82, 2.24) is 4.90 Å². The number of alkyl halides is 3. The average molecular weight is 405 g/mol. The van der Waals surface area contributed by atoms with Gasteiger partial charge in [-0.3, -0.25) is 4.79 Å². The Morgan fingerprint density at radius 1 is 1.14 bits per heavy atom. The molecule has 2 rings (SSSR count). The highest BCUT2D eigenvalue weighted by atomic mass is 19.4. The van der Waals surface area contributed by atoms with Gasteiger partial charge in [0, 0.05) is 27.2 Å². The number of fused-ring (bicyclic) bond motifs is 1. The maximum absolute atomic E-state index is 13.3. The fraction of sp³-hybridized carbons (Fsp3) is 0.632. The van der Waals surface area contributed by atoms with Crippen LogP contribution in [0, 0.1) is 0 Å². The van der Waals surface area contributed by atoms with E-state index in [0.717, 1.165) is 10.5 Å². The molecule has 0 unspecified atom stereocenters. The number of hydrogen-bond acceptors (Lipinski definition) is 5. The summed E-state index contributed by atoms with van der Waals surface area (Å²) in [5, 5.41) is 0. The molecule has 0 bridgehead atoms. The number of rotatable bonds is 7. The molecule has 0 saturated heterocycles. The lowest BCUT2D eigenvalue weighted by Gasteiger charge is -2.47. The van der Waals surface area contributed by atoms with Crippen molar-refractivity contribution in [3.05, 3.63) is 23.3 Å². The minimum absolute atomic E-state index is 0.0536. The molecule has 9 heteroatoms. The van der Waals surface area contributed by atoms with Gasteiger partial charge < -0.3 is 23.8 Å². The summed E-state index contributed by atoms with van der Waals surface area (Å²) < 4.78 is 60.8. The van der Waals surface area contributed by atoms with Gasteiger partial charge >= 0.3 is 12.1 Å². The standard InChI is InChI=1S/C19H26F3NO5/c1-18(8-6-16(27-4)28-5)13-11-15(26-3)14(25-2)10-12(13)7-9-23(18)17(24)19(20,21)22/h10-11,16H,6-9H2,1-5H3/t18-/m1/s1. The van der Waals surface area contributed by atoms with E-state index in [1.54, 1.807) is 19.1 Å². The number of benzene rings is 1. The third-order valence-electron chi connectivity index (χ3n) is 5.27. The smallest absolute Gasteiger partial charge is 0.471 e. The number of nitrogens with zero attached hydrogens (tertiary/aromatic N) is 1. The summed E-state index contributed by atoms with van der Waals surface area (Å²) in [5.74, 6) is -0.975. The number of halogens is 3. The van der Waals surface area contributed by atoms with Crippen molar-refractivity contribution in [3.63, 3.8) is 0 Å². The number of hydrogen-bond donors (Lipinski definition) is 0. The monoisotopic (exact) mass is 405 g/mol. The van der Waals surface area contributed by atoms with Crippen LogP contribution in [0.15, 0.2) is 12.1 Å². The first-order chi connectivity index (χ1) is 13.1. The largest absolute Gasteiger partial charge is 0.493 e. The Hall–Kier alpha value is -2.00. The van der Waals surface area contributed by atoms with Gasteiger partial charge in [0.25, 0.3) is 0 Å². The molecule has 0 N–H and O–H groups in total. The van der Waals surface area contributed by atoms with Crippen LogP contribution in [0.2, 0.25) is 0 Å². The molecule has 1 aromatic carbocycles. The van der Waals surface area contributed by atoms with E-state index in [2.05, 4.69) is 0 Å². The van der Waals surface area contributed by atoms with Gasteiger partial charge in [-0.15, -0.1) is 0 Å². The van der Waals surface area contributed by atoms with Crippen molar-refractivity contribution < 1.29 is 36.9 Å². The Kier molecular flexibility index (Phi) is 6.82. The molecular formula is C19H26F3NO5. The first-order valence-electron chi connectivity index (χ1n) is 8.82. The summed E-state index contributed by atoms with van der Waals surface area (Å²) >= 11 is 0. The van der Waals surface area contributed by atoms with E-state index in [4.69, 9.17) is 18.9 Å². The number of carbonyl (C=O) groups excluding carboxylic acids is 1. The van der Waals surface area contributed by atoms with Crippen LogP contribution in [0.3, 0.4) is 0 Å². The molecule has 0 saturated carbocycles. The van der Waals surface area contributed by atoms with Crippen LogP contribution in [-0.2, 0) is 26.2 Å². The van der Waals surface area contributed by atoms with Gasteiger partial charge in [-0.25, -0.2) is 0 Å². The summed E-state index contributed by atoms with van der Waals surface area (Å²) in [4.78, 5) is 13.1. The molecule has 0 radical (unpaired) electrons. The molecule has 158 valence electrons. The Bertz CT molecular complexity index is 706. The second-order valence-corrected chi connectivity index (χ2v) is 6.78. The fourth-order valence-corrected chi connectivity index (χ4v) is 3.73. The normalized spacial score (nSPS) is 19.5.